The number of aryl methyl sites for hydroxylation is 1. The van der Waals surface area contributed by atoms with Crippen LogP contribution in [0.1, 0.15) is 50.8 Å². The lowest BCUT2D eigenvalue weighted by Gasteiger charge is -2.49. The quantitative estimate of drug-likeness (QED) is 0.810. The number of morpholine rings is 1. The Morgan fingerprint density at radius 2 is 1.87 bits per heavy atom. The van der Waals surface area contributed by atoms with Crippen LogP contribution >= 0.6 is 0 Å². The molecular weight excluding hydrogens is 290 g/mol. The maximum atomic E-state index is 6.54. The third-order valence-electron chi connectivity index (χ3n) is 5.23. The second-order valence-corrected chi connectivity index (χ2v) is 7.73. The van der Waals surface area contributed by atoms with Crippen molar-refractivity contribution in [2.24, 2.45) is 0 Å². The highest BCUT2D eigenvalue weighted by Crippen LogP contribution is 2.42. The Labute approximate surface area is 136 Å². The summed E-state index contributed by atoms with van der Waals surface area (Å²) in [5, 5.41) is 4.42. The summed E-state index contributed by atoms with van der Waals surface area (Å²) < 4.78 is 8.42. The molecule has 2 fully saturated rings. The zero-order valence-corrected chi connectivity index (χ0v) is 14.5. The number of rotatable bonds is 1. The maximum Gasteiger partial charge on any atom is 0.254 e. The molecule has 1 aliphatic carbocycles. The minimum atomic E-state index is -0.168. The summed E-state index contributed by atoms with van der Waals surface area (Å²) in [4.78, 5) is 11.3. The SMILES string of the molecule is Cc1nc2ncnn2c(N2CC(C)(C)OC3(CCCC3)C2)c1C. The van der Waals surface area contributed by atoms with Gasteiger partial charge in [-0.15, -0.1) is 0 Å². The van der Waals surface area contributed by atoms with E-state index in [1.807, 2.05) is 11.4 Å². The fraction of sp³-hybridized carbons (Fsp3) is 0.706. The molecule has 0 atom stereocenters. The van der Waals surface area contributed by atoms with Crippen LogP contribution in [0.25, 0.3) is 5.78 Å². The number of anilines is 1. The van der Waals surface area contributed by atoms with Crippen LogP contribution in [0.5, 0.6) is 0 Å². The van der Waals surface area contributed by atoms with Crippen LogP contribution in [0.3, 0.4) is 0 Å². The second-order valence-electron chi connectivity index (χ2n) is 7.73. The highest BCUT2D eigenvalue weighted by atomic mass is 16.5. The molecule has 0 aromatic carbocycles. The molecule has 4 rings (SSSR count). The third kappa shape index (κ3) is 2.40. The molecule has 2 aromatic heterocycles. The number of nitrogens with zero attached hydrogens (tertiary/aromatic N) is 5. The molecule has 1 saturated heterocycles. The predicted molar refractivity (Wildman–Crippen MR) is 88.8 cm³/mol. The first-order valence-electron chi connectivity index (χ1n) is 8.51. The van der Waals surface area contributed by atoms with Gasteiger partial charge in [0.1, 0.15) is 12.1 Å². The Bertz CT molecular complexity index is 745. The van der Waals surface area contributed by atoms with Gasteiger partial charge in [0.05, 0.1) is 11.2 Å². The standard InChI is InChI=1S/C17H25N5O/c1-12-13(2)20-15-18-11-19-22(15)14(12)21-9-16(3,4)23-17(10-21)7-5-6-8-17/h11H,5-10H2,1-4H3. The fourth-order valence-electron chi connectivity index (χ4n) is 4.33. The molecule has 6 heteroatoms. The van der Waals surface area contributed by atoms with Crippen LogP contribution < -0.4 is 4.90 Å². The van der Waals surface area contributed by atoms with Gasteiger partial charge in [-0.1, -0.05) is 12.8 Å². The van der Waals surface area contributed by atoms with E-state index >= 15 is 0 Å². The summed E-state index contributed by atoms with van der Waals surface area (Å²) in [5.41, 5.74) is 2.01. The van der Waals surface area contributed by atoms with Gasteiger partial charge in [0, 0.05) is 24.3 Å². The van der Waals surface area contributed by atoms with Gasteiger partial charge in [-0.2, -0.15) is 14.6 Å². The van der Waals surface area contributed by atoms with E-state index in [2.05, 4.69) is 40.7 Å². The van der Waals surface area contributed by atoms with E-state index in [0.717, 1.165) is 37.4 Å². The summed E-state index contributed by atoms with van der Waals surface area (Å²) in [6.07, 6.45) is 6.41. The molecule has 124 valence electrons. The molecule has 2 aromatic rings. The van der Waals surface area contributed by atoms with Gasteiger partial charge in [-0.25, -0.2) is 4.98 Å². The zero-order chi connectivity index (χ0) is 16.2. The van der Waals surface area contributed by atoms with Crippen molar-refractivity contribution in [1.29, 1.82) is 0 Å². The van der Waals surface area contributed by atoms with E-state index in [-0.39, 0.29) is 11.2 Å². The largest absolute Gasteiger partial charge is 0.365 e. The van der Waals surface area contributed by atoms with Gasteiger partial charge >= 0.3 is 0 Å². The van der Waals surface area contributed by atoms with Crippen LogP contribution in [0.4, 0.5) is 5.82 Å². The van der Waals surface area contributed by atoms with Crippen molar-refractivity contribution in [2.45, 2.75) is 64.6 Å². The monoisotopic (exact) mass is 315 g/mol. The minimum Gasteiger partial charge on any atom is -0.365 e. The van der Waals surface area contributed by atoms with Crippen LogP contribution in [-0.2, 0) is 4.74 Å². The summed E-state index contributed by atoms with van der Waals surface area (Å²) in [5.74, 6) is 1.79. The van der Waals surface area contributed by atoms with Crippen LogP contribution in [-0.4, -0.2) is 43.9 Å². The number of hydrogen-bond acceptors (Lipinski definition) is 5. The zero-order valence-electron chi connectivity index (χ0n) is 14.5. The van der Waals surface area contributed by atoms with E-state index in [1.54, 1.807) is 6.33 Å². The lowest BCUT2D eigenvalue weighted by molar-refractivity contribution is -0.148. The smallest absolute Gasteiger partial charge is 0.254 e. The van der Waals surface area contributed by atoms with Crippen molar-refractivity contribution in [2.75, 3.05) is 18.0 Å². The lowest BCUT2D eigenvalue weighted by atomic mass is 9.94. The van der Waals surface area contributed by atoms with Gasteiger partial charge in [0.15, 0.2) is 0 Å². The highest BCUT2D eigenvalue weighted by Gasteiger charge is 2.46. The molecule has 0 amide bonds. The van der Waals surface area contributed by atoms with Crippen LogP contribution in [0.2, 0.25) is 0 Å². The van der Waals surface area contributed by atoms with Crippen molar-refractivity contribution in [1.82, 2.24) is 19.6 Å². The van der Waals surface area contributed by atoms with Gasteiger partial charge in [-0.05, 0) is 40.5 Å². The average molecular weight is 315 g/mol. The molecule has 3 heterocycles. The van der Waals surface area contributed by atoms with Gasteiger partial charge in [0.2, 0.25) is 0 Å². The topological polar surface area (TPSA) is 55.5 Å². The minimum absolute atomic E-state index is 0.0156. The van der Waals surface area contributed by atoms with E-state index < -0.39 is 0 Å². The van der Waals surface area contributed by atoms with E-state index in [1.165, 1.54) is 18.4 Å². The first kappa shape index (κ1) is 14.9. The van der Waals surface area contributed by atoms with Crippen molar-refractivity contribution < 1.29 is 4.74 Å². The van der Waals surface area contributed by atoms with Crippen molar-refractivity contribution >= 4 is 11.6 Å². The Morgan fingerprint density at radius 1 is 1.13 bits per heavy atom. The molecular formula is C17H25N5O. The molecule has 1 aliphatic heterocycles. The Hall–Kier alpha value is -1.69. The molecule has 0 bridgehead atoms. The summed E-state index contributed by atoms with van der Waals surface area (Å²) in [6.45, 7) is 10.3. The van der Waals surface area contributed by atoms with E-state index in [0.29, 0.717) is 5.78 Å². The van der Waals surface area contributed by atoms with Crippen molar-refractivity contribution in [3.05, 3.63) is 17.6 Å². The molecule has 23 heavy (non-hydrogen) atoms. The maximum absolute atomic E-state index is 6.54. The fourth-order valence-corrected chi connectivity index (χ4v) is 4.33. The Balaban J connectivity index is 1.83. The summed E-state index contributed by atoms with van der Waals surface area (Å²) in [7, 11) is 0. The van der Waals surface area contributed by atoms with Crippen LogP contribution in [0.15, 0.2) is 6.33 Å². The summed E-state index contributed by atoms with van der Waals surface area (Å²) in [6, 6.07) is 0. The van der Waals surface area contributed by atoms with Crippen molar-refractivity contribution in [3.8, 4) is 0 Å². The summed E-state index contributed by atoms with van der Waals surface area (Å²) >= 11 is 0. The Morgan fingerprint density at radius 3 is 2.61 bits per heavy atom. The Kier molecular flexibility index (Phi) is 3.17. The van der Waals surface area contributed by atoms with Crippen LogP contribution in [0, 0.1) is 13.8 Å². The molecule has 2 aliphatic rings. The lowest BCUT2D eigenvalue weighted by Crippen LogP contribution is -2.59. The van der Waals surface area contributed by atoms with E-state index in [9.17, 15) is 0 Å². The molecule has 0 N–H and O–H groups in total. The number of fused-ring (bicyclic) bond motifs is 1. The molecule has 0 radical (unpaired) electrons. The van der Waals surface area contributed by atoms with Crippen molar-refractivity contribution in [3.63, 3.8) is 0 Å². The van der Waals surface area contributed by atoms with Gasteiger partial charge < -0.3 is 9.64 Å². The van der Waals surface area contributed by atoms with E-state index in [4.69, 9.17) is 4.74 Å². The molecule has 0 unspecified atom stereocenters. The first-order chi connectivity index (χ1) is 10.9. The normalized spacial score (nSPS) is 23.0. The number of hydrogen-bond donors (Lipinski definition) is 0. The van der Waals surface area contributed by atoms with Gasteiger partial charge in [0.25, 0.3) is 5.78 Å². The molecule has 1 spiro atoms. The molecule has 1 saturated carbocycles. The average Bonchev–Trinajstić information content (AvgIpc) is 3.07. The second kappa shape index (κ2) is 4.90. The third-order valence-corrected chi connectivity index (χ3v) is 5.23. The highest BCUT2D eigenvalue weighted by molar-refractivity contribution is 5.54. The number of ether oxygens (including phenoxy) is 1. The predicted octanol–water partition coefficient (Wildman–Crippen LogP) is 2.67. The first-order valence-corrected chi connectivity index (χ1v) is 8.51. The molecule has 6 nitrogen and oxygen atoms in total. The number of aromatic nitrogens is 4. The van der Waals surface area contributed by atoms with Gasteiger partial charge in [-0.3, -0.25) is 0 Å².